The molecule has 2 aromatic heterocycles. The highest BCUT2D eigenvalue weighted by Crippen LogP contribution is 2.27. The molecule has 0 fully saturated rings. The average molecular weight is 445 g/mol. The van der Waals surface area contributed by atoms with Crippen LogP contribution >= 0.6 is 0 Å². The Kier molecular flexibility index (Phi) is 6.42. The topological polar surface area (TPSA) is 107 Å². The van der Waals surface area contributed by atoms with Crippen LogP contribution in [0.1, 0.15) is 41.6 Å². The molecular formula is C26H28N4O3. The van der Waals surface area contributed by atoms with E-state index < -0.39 is 18.0 Å². The van der Waals surface area contributed by atoms with Crippen molar-refractivity contribution in [3.63, 3.8) is 0 Å². The van der Waals surface area contributed by atoms with Crippen molar-refractivity contribution in [2.45, 2.75) is 32.9 Å². The Morgan fingerprint density at radius 1 is 1.00 bits per heavy atom. The van der Waals surface area contributed by atoms with Crippen molar-refractivity contribution in [3.8, 4) is 0 Å². The van der Waals surface area contributed by atoms with Crippen LogP contribution in [-0.4, -0.2) is 39.5 Å². The van der Waals surface area contributed by atoms with Crippen molar-refractivity contribution in [2.75, 3.05) is 6.61 Å². The predicted molar refractivity (Wildman–Crippen MR) is 129 cm³/mol. The van der Waals surface area contributed by atoms with Crippen LogP contribution < -0.4 is 10.6 Å². The fourth-order valence-electron chi connectivity index (χ4n) is 4.05. The van der Waals surface area contributed by atoms with E-state index in [1.807, 2.05) is 75.4 Å². The Balaban J connectivity index is 1.58. The van der Waals surface area contributed by atoms with Gasteiger partial charge in [-0.1, -0.05) is 62.4 Å². The van der Waals surface area contributed by atoms with E-state index in [9.17, 15) is 14.7 Å². The summed E-state index contributed by atoms with van der Waals surface area (Å²) in [6.07, 6.45) is 0. The number of nitrogens with zero attached hydrogens (tertiary/aromatic N) is 1. The van der Waals surface area contributed by atoms with Gasteiger partial charge in [0.25, 0.3) is 5.91 Å². The summed E-state index contributed by atoms with van der Waals surface area (Å²) in [7, 11) is 0. The molecular weight excluding hydrogens is 416 g/mol. The van der Waals surface area contributed by atoms with Gasteiger partial charge in [0.1, 0.15) is 11.7 Å². The number of aryl methyl sites for hydroxylation is 1. The first-order valence-corrected chi connectivity index (χ1v) is 11.0. The van der Waals surface area contributed by atoms with Gasteiger partial charge in [-0.15, -0.1) is 0 Å². The number of aromatic amines is 1. The first-order chi connectivity index (χ1) is 15.9. The number of aliphatic hydroxyl groups is 1. The Morgan fingerprint density at radius 3 is 2.39 bits per heavy atom. The van der Waals surface area contributed by atoms with E-state index in [0.717, 1.165) is 27.4 Å². The van der Waals surface area contributed by atoms with Gasteiger partial charge in [0.2, 0.25) is 5.91 Å². The maximum Gasteiger partial charge on any atom is 0.270 e. The average Bonchev–Trinajstić information content (AvgIpc) is 3.20. The second-order valence-electron chi connectivity index (χ2n) is 8.54. The third-order valence-corrected chi connectivity index (χ3v) is 5.85. The summed E-state index contributed by atoms with van der Waals surface area (Å²) in [6, 6.07) is 17.6. The summed E-state index contributed by atoms with van der Waals surface area (Å²) in [5.74, 6) is -0.937. The summed E-state index contributed by atoms with van der Waals surface area (Å²) in [5, 5.41) is 17.4. The van der Waals surface area contributed by atoms with Crippen LogP contribution in [0.3, 0.4) is 0 Å². The quantitative estimate of drug-likeness (QED) is 0.349. The van der Waals surface area contributed by atoms with Crippen LogP contribution in [0.15, 0.2) is 60.7 Å². The van der Waals surface area contributed by atoms with Crippen LogP contribution in [0.4, 0.5) is 0 Å². The van der Waals surface area contributed by atoms with E-state index in [2.05, 4.69) is 20.6 Å². The second-order valence-corrected chi connectivity index (χ2v) is 8.54. The number of amides is 2. The molecule has 0 aliphatic heterocycles. The van der Waals surface area contributed by atoms with Crippen LogP contribution in [-0.2, 0) is 4.79 Å². The van der Waals surface area contributed by atoms with Crippen molar-refractivity contribution < 1.29 is 14.7 Å². The lowest BCUT2D eigenvalue weighted by atomic mass is 10.0. The molecule has 0 saturated heterocycles. The SMILES string of the molecule is Cc1nc(C(=O)NC(C(=O)NC(CO)c2ccccc2)C(C)C)cc2c1[nH]c1ccccc12. The molecule has 0 aliphatic carbocycles. The molecule has 0 radical (unpaired) electrons. The molecule has 4 N–H and O–H groups in total. The highest BCUT2D eigenvalue weighted by Gasteiger charge is 2.27. The first-order valence-electron chi connectivity index (χ1n) is 11.0. The molecule has 170 valence electrons. The number of hydrogen-bond acceptors (Lipinski definition) is 4. The van der Waals surface area contributed by atoms with Gasteiger partial charge >= 0.3 is 0 Å². The van der Waals surface area contributed by atoms with E-state index in [1.54, 1.807) is 6.07 Å². The van der Waals surface area contributed by atoms with E-state index in [-0.39, 0.29) is 24.1 Å². The zero-order chi connectivity index (χ0) is 23.5. The minimum absolute atomic E-state index is 0.165. The number of aromatic nitrogens is 2. The molecule has 2 unspecified atom stereocenters. The summed E-state index contributed by atoms with van der Waals surface area (Å²) < 4.78 is 0. The molecule has 2 amide bonds. The number of nitrogens with one attached hydrogen (secondary N) is 3. The molecule has 2 heterocycles. The van der Waals surface area contributed by atoms with Crippen molar-refractivity contribution in [1.82, 2.24) is 20.6 Å². The van der Waals surface area contributed by atoms with E-state index in [1.165, 1.54) is 0 Å². The molecule has 7 heteroatoms. The Morgan fingerprint density at radius 2 is 1.70 bits per heavy atom. The van der Waals surface area contributed by atoms with Gasteiger partial charge in [0, 0.05) is 16.3 Å². The number of benzene rings is 2. The molecule has 4 aromatic rings. The normalized spacial score (nSPS) is 13.2. The molecule has 0 bridgehead atoms. The van der Waals surface area contributed by atoms with Crippen molar-refractivity contribution >= 4 is 33.6 Å². The maximum atomic E-state index is 13.1. The minimum atomic E-state index is -0.781. The predicted octanol–water partition coefficient (Wildman–Crippen LogP) is 3.63. The number of pyridine rings is 1. The van der Waals surface area contributed by atoms with Gasteiger partial charge in [0.05, 0.1) is 23.9 Å². The Labute approximate surface area is 192 Å². The Hall–Kier alpha value is -3.71. The fourth-order valence-corrected chi connectivity index (χ4v) is 4.05. The van der Waals surface area contributed by atoms with E-state index in [4.69, 9.17) is 0 Å². The van der Waals surface area contributed by atoms with Crippen LogP contribution in [0.5, 0.6) is 0 Å². The summed E-state index contributed by atoms with van der Waals surface area (Å²) in [4.78, 5) is 34.0. The highest BCUT2D eigenvalue weighted by atomic mass is 16.3. The summed E-state index contributed by atoms with van der Waals surface area (Å²) in [6.45, 7) is 5.34. The van der Waals surface area contributed by atoms with Crippen LogP contribution in [0, 0.1) is 12.8 Å². The lowest BCUT2D eigenvalue weighted by Gasteiger charge is -2.25. The maximum absolute atomic E-state index is 13.1. The van der Waals surface area contributed by atoms with E-state index in [0.29, 0.717) is 5.69 Å². The zero-order valence-corrected chi connectivity index (χ0v) is 18.9. The van der Waals surface area contributed by atoms with Crippen molar-refractivity contribution in [3.05, 3.63) is 77.6 Å². The van der Waals surface area contributed by atoms with Gasteiger partial charge in [-0.05, 0) is 30.5 Å². The molecule has 4 rings (SSSR count). The number of carbonyl (C=O) groups is 2. The number of H-pyrrole nitrogens is 1. The summed E-state index contributed by atoms with van der Waals surface area (Å²) in [5.41, 5.74) is 3.63. The van der Waals surface area contributed by atoms with E-state index >= 15 is 0 Å². The number of para-hydroxylation sites is 1. The second kappa shape index (κ2) is 9.42. The lowest BCUT2D eigenvalue weighted by molar-refractivity contribution is -0.125. The highest BCUT2D eigenvalue weighted by molar-refractivity contribution is 6.10. The van der Waals surface area contributed by atoms with Crippen LogP contribution in [0.25, 0.3) is 21.8 Å². The standard InChI is InChI=1S/C26H28N4O3/c1-15(2)23(26(33)29-22(14-31)17-9-5-4-6-10-17)30-25(32)21-13-19-18-11-7-8-12-20(18)28-24(19)16(3)27-21/h4-13,15,22-23,28,31H,14H2,1-3H3,(H,29,33)(H,30,32). The molecule has 0 saturated carbocycles. The summed E-state index contributed by atoms with van der Waals surface area (Å²) >= 11 is 0. The van der Waals surface area contributed by atoms with Crippen molar-refractivity contribution in [1.29, 1.82) is 0 Å². The third kappa shape index (κ3) is 4.59. The number of rotatable bonds is 7. The number of carbonyl (C=O) groups excluding carboxylic acids is 2. The number of aliphatic hydroxyl groups excluding tert-OH is 1. The third-order valence-electron chi connectivity index (χ3n) is 5.85. The van der Waals surface area contributed by atoms with Crippen molar-refractivity contribution in [2.24, 2.45) is 5.92 Å². The van der Waals surface area contributed by atoms with Gasteiger partial charge in [-0.3, -0.25) is 9.59 Å². The molecule has 7 nitrogen and oxygen atoms in total. The molecule has 2 aromatic carbocycles. The Bertz CT molecular complexity index is 1300. The van der Waals surface area contributed by atoms with Gasteiger partial charge in [-0.25, -0.2) is 4.98 Å². The zero-order valence-electron chi connectivity index (χ0n) is 18.9. The largest absolute Gasteiger partial charge is 0.394 e. The minimum Gasteiger partial charge on any atom is -0.394 e. The van der Waals surface area contributed by atoms with Gasteiger partial charge in [0.15, 0.2) is 0 Å². The molecule has 2 atom stereocenters. The van der Waals surface area contributed by atoms with Gasteiger partial charge in [-0.2, -0.15) is 0 Å². The fraction of sp³-hybridized carbons (Fsp3) is 0.269. The monoisotopic (exact) mass is 444 g/mol. The molecule has 33 heavy (non-hydrogen) atoms. The molecule has 0 spiro atoms. The number of fused-ring (bicyclic) bond motifs is 3. The first kappa shape index (κ1) is 22.5. The smallest absolute Gasteiger partial charge is 0.270 e. The number of hydrogen-bond donors (Lipinski definition) is 4. The molecule has 0 aliphatic rings. The lowest BCUT2D eigenvalue weighted by Crippen LogP contribution is -2.51. The van der Waals surface area contributed by atoms with Gasteiger partial charge < -0.3 is 20.7 Å². The van der Waals surface area contributed by atoms with Crippen LogP contribution in [0.2, 0.25) is 0 Å².